The minimum atomic E-state index is -1.19. The van der Waals surface area contributed by atoms with Gasteiger partial charge in [0.25, 0.3) is 11.8 Å². The zero-order valence-corrected chi connectivity index (χ0v) is 20.5. The van der Waals surface area contributed by atoms with Gasteiger partial charge in [-0.1, -0.05) is 19.6 Å². The number of aryl methyl sites for hydroxylation is 1. The van der Waals surface area contributed by atoms with Crippen LogP contribution >= 0.6 is 0 Å². The predicted octanol–water partition coefficient (Wildman–Crippen LogP) is 3.37. The van der Waals surface area contributed by atoms with Crippen LogP contribution in [-0.4, -0.2) is 73.1 Å². The van der Waals surface area contributed by atoms with E-state index in [2.05, 4.69) is 10.1 Å². The molecule has 0 bridgehead atoms. The second-order valence-corrected chi connectivity index (χ2v) is 10.8. The minimum Gasteiger partial charge on any atom is -0.380 e. The lowest BCUT2D eigenvalue weighted by atomic mass is 9.96. The van der Waals surface area contributed by atoms with Crippen molar-refractivity contribution in [2.75, 3.05) is 19.6 Å². The molecule has 1 aliphatic carbocycles. The summed E-state index contributed by atoms with van der Waals surface area (Å²) >= 11 is 0. The summed E-state index contributed by atoms with van der Waals surface area (Å²) in [7, 11) is 1.88. The summed E-state index contributed by atoms with van der Waals surface area (Å²) in [4.78, 5) is 33.3. The molecule has 8 nitrogen and oxygen atoms in total. The molecule has 37 heavy (non-hydrogen) atoms. The molecule has 1 N–H and O–H groups in total. The molecule has 0 atom stereocenters. The number of carbonyl (C=O) groups is 2. The van der Waals surface area contributed by atoms with Crippen LogP contribution in [0.1, 0.15) is 39.7 Å². The summed E-state index contributed by atoms with van der Waals surface area (Å²) in [5.74, 6) is -0.495. The van der Waals surface area contributed by atoms with Crippen molar-refractivity contribution in [2.45, 2.75) is 45.3 Å². The van der Waals surface area contributed by atoms with Gasteiger partial charge in [0.1, 0.15) is 22.8 Å². The molecule has 3 heterocycles. The Kier molecular flexibility index (Phi) is 5.75. The monoisotopic (exact) mass is 505 g/mol. The van der Waals surface area contributed by atoms with Crippen LogP contribution in [0.15, 0.2) is 47.6 Å². The van der Waals surface area contributed by atoms with Gasteiger partial charge in [-0.3, -0.25) is 24.2 Å². The van der Waals surface area contributed by atoms with Crippen LogP contribution in [0.25, 0.3) is 22.0 Å². The average Bonchev–Trinajstić information content (AvgIpc) is 3.40. The fourth-order valence-electron chi connectivity index (χ4n) is 5.13. The van der Waals surface area contributed by atoms with Gasteiger partial charge in [-0.05, 0) is 62.1 Å². The van der Waals surface area contributed by atoms with Crippen molar-refractivity contribution in [3.8, 4) is 11.1 Å². The Morgan fingerprint density at radius 1 is 1.14 bits per heavy atom. The molecule has 6 rings (SSSR count). The number of aromatic nitrogens is 2. The topological polar surface area (TPSA) is 91.0 Å². The van der Waals surface area contributed by atoms with E-state index in [9.17, 15) is 14.7 Å². The number of amidine groups is 1. The third kappa shape index (κ3) is 4.11. The third-order valence-corrected chi connectivity index (χ3v) is 7.51. The van der Waals surface area contributed by atoms with Crippen molar-refractivity contribution >= 4 is 28.6 Å². The lowest BCUT2D eigenvalue weighted by Crippen LogP contribution is -2.58. The Labute approximate surface area is 215 Å². The van der Waals surface area contributed by atoms with Crippen LogP contribution < -0.4 is 0 Å². The SMILES string of the molecule is C.Cn1ncc2cc(-c3ccc(C4=NC(C)(C)C(=O)N4CC4CN(C(=O)C5(O)CC5)C4)c(F)c3)ccc21. The molecule has 0 unspecified atom stereocenters. The van der Waals surface area contributed by atoms with Gasteiger partial charge < -0.3 is 10.0 Å². The summed E-state index contributed by atoms with van der Waals surface area (Å²) in [6.45, 7) is 4.74. The maximum absolute atomic E-state index is 15.5. The molecule has 0 radical (unpaired) electrons. The molecule has 9 heteroatoms. The highest BCUT2D eigenvalue weighted by molar-refractivity contribution is 6.15. The standard InChI is InChI=1S/C27H28FN5O3.CH4/c1-26(2)24(34)33(15-16-13-32(14-16)25(35)27(36)8-9-27)23(30-26)20-6-4-18(11-21(20)28)17-5-7-22-19(10-17)12-29-31(22)3;/h4-7,10-12,16,36H,8-9,13-15H2,1-3H3;1H4. The minimum absolute atomic E-state index is 0. The molecule has 1 aromatic heterocycles. The Hall–Kier alpha value is -3.59. The van der Waals surface area contributed by atoms with E-state index in [1.807, 2.05) is 31.3 Å². The normalized spacial score (nSPS) is 20.0. The number of hydrogen-bond acceptors (Lipinski definition) is 5. The number of aliphatic imine (C=N–C) groups is 1. The Bertz CT molecular complexity index is 1450. The maximum atomic E-state index is 15.5. The van der Waals surface area contributed by atoms with Crippen LogP contribution in [-0.2, 0) is 16.6 Å². The molecule has 1 saturated carbocycles. The number of rotatable bonds is 5. The van der Waals surface area contributed by atoms with Gasteiger partial charge in [0.2, 0.25) is 0 Å². The van der Waals surface area contributed by atoms with Crippen LogP contribution in [0, 0.1) is 11.7 Å². The van der Waals surface area contributed by atoms with Gasteiger partial charge in [0.05, 0.1) is 17.3 Å². The van der Waals surface area contributed by atoms with Crippen LogP contribution in [0.5, 0.6) is 0 Å². The number of aliphatic hydroxyl groups is 1. The van der Waals surface area contributed by atoms with Crippen molar-refractivity contribution in [1.29, 1.82) is 0 Å². The molecular formula is C28H32FN5O3. The quantitative estimate of drug-likeness (QED) is 0.576. The van der Waals surface area contributed by atoms with E-state index in [4.69, 9.17) is 0 Å². The molecule has 2 fully saturated rings. The second kappa shape index (κ2) is 8.48. The number of carbonyl (C=O) groups excluding carboxylic acids is 2. The average molecular weight is 506 g/mol. The van der Waals surface area contributed by atoms with Gasteiger partial charge in [-0.2, -0.15) is 5.10 Å². The Morgan fingerprint density at radius 2 is 1.81 bits per heavy atom. The van der Waals surface area contributed by atoms with E-state index in [1.165, 1.54) is 6.07 Å². The first kappa shape index (κ1) is 25.1. The van der Waals surface area contributed by atoms with Crippen molar-refractivity contribution < 1.29 is 19.1 Å². The first-order valence-corrected chi connectivity index (χ1v) is 12.2. The molecule has 2 amide bonds. The third-order valence-electron chi connectivity index (χ3n) is 7.51. The largest absolute Gasteiger partial charge is 0.380 e. The number of amides is 2. The fraction of sp³-hybridized carbons (Fsp3) is 0.429. The highest BCUT2D eigenvalue weighted by Crippen LogP contribution is 2.39. The lowest BCUT2D eigenvalue weighted by molar-refractivity contribution is -0.149. The van der Waals surface area contributed by atoms with Crippen LogP contribution in [0.4, 0.5) is 4.39 Å². The zero-order valence-electron chi connectivity index (χ0n) is 20.5. The van der Waals surface area contributed by atoms with Gasteiger partial charge in [-0.15, -0.1) is 0 Å². The van der Waals surface area contributed by atoms with E-state index >= 15 is 4.39 Å². The van der Waals surface area contributed by atoms with E-state index in [0.717, 1.165) is 22.0 Å². The van der Waals surface area contributed by atoms with E-state index in [1.54, 1.807) is 40.6 Å². The summed E-state index contributed by atoms with van der Waals surface area (Å²) < 4.78 is 17.3. The van der Waals surface area contributed by atoms with Crippen LogP contribution in [0.2, 0.25) is 0 Å². The molecule has 2 aromatic carbocycles. The van der Waals surface area contributed by atoms with Crippen molar-refractivity contribution in [2.24, 2.45) is 18.0 Å². The number of nitrogens with zero attached hydrogens (tertiary/aromatic N) is 5. The van der Waals surface area contributed by atoms with Crippen molar-refractivity contribution in [3.05, 3.63) is 54.0 Å². The van der Waals surface area contributed by atoms with Gasteiger partial charge in [0.15, 0.2) is 0 Å². The molecular weight excluding hydrogens is 473 g/mol. The second-order valence-electron chi connectivity index (χ2n) is 10.8. The summed E-state index contributed by atoms with van der Waals surface area (Å²) in [5.41, 5.74) is 0.696. The molecule has 0 spiro atoms. The summed E-state index contributed by atoms with van der Waals surface area (Å²) in [6.07, 6.45) is 2.80. The molecule has 2 aliphatic heterocycles. The Balaban J connectivity index is 0.00000280. The van der Waals surface area contributed by atoms with Crippen molar-refractivity contribution in [3.63, 3.8) is 0 Å². The summed E-state index contributed by atoms with van der Waals surface area (Å²) in [6, 6.07) is 10.9. The number of halogens is 1. The van der Waals surface area contributed by atoms with Gasteiger partial charge >= 0.3 is 0 Å². The van der Waals surface area contributed by atoms with Gasteiger partial charge in [-0.25, -0.2) is 4.39 Å². The first-order valence-electron chi connectivity index (χ1n) is 12.2. The van der Waals surface area contributed by atoms with E-state index in [0.29, 0.717) is 38.3 Å². The number of benzene rings is 2. The number of hydrogen-bond donors (Lipinski definition) is 1. The maximum Gasteiger partial charge on any atom is 0.255 e. The smallest absolute Gasteiger partial charge is 0.255 e. The van der Waals surface area contributed by atoms with E-state index < -0.39 is 17.0 Å². The molecule has 3 aliphatic rings. The highest BCUT2D eigenvalue weighted by Gasteiger charge is 2.53. The molecule has 1 saturated heterocycles. The van der Waals surface area contributed by atoms with Gasteiger partial charge in [0, 0.05) is 38.0 Å². The fourth-order valence-corrected chi connectivity index (χ4v) is 5.13. The first-order chi connectivity index (χ1) is 17.1. The zero-order chi connectivity index (χ0) is 25.4. The van der Waals surface area contributed by atoms with Crippen LogP contribution in [0.3, 0.4) is 0 Å². The Morgan fingerprint density at radius 3 is 2.49 bits per heavy atom. The number of fused-ring (bicyclic) bond motifs is 1. The van der Waals surface area contributed by atoms with Crippen molar-refractivity contribution in [1.82, 2.24) is 19.6 Å². The lowest BCUT2D eigenvalue weighted by Gasteiger charge is -2.42. The number of likely N-dealkylation sites (tertiary alicyclic amines) is 1. The van der Waals surface area contributed by atoms with E-state index in [-0.39, 0.29) is 30.7 Å². The summed E-state index contributed by atoms with van der Waals surface area (Å²) in [5, 5.41) is 15.3. The predicted molar refractivity (Wildman–Crippen MR) is 139 cm³/mol. The molecule has 194 valence electrons. The molecule has 3 aromatic rings. The highest BCUT2D eigenvalue weighted by atomic mass is 19.1.